The summed E-state index contributed by atoms with van der Waals surface area (Å²) in [7, 11) is 0. The third-order valence-electron chi connectivity index (χ3n) is 2.21. The second-order valence-electron chi connectivity index (χ2n) is 3.37. The number of nitriles is 1. The summed E-state index contributed by atoms with van der Waals surface area (Å²) in [5.74, 6) is -0.821. The molecule has 0 unspecified atom stereocenters. The number of carbonyl (C=O) groups is 1. The van der Waals surface area contributed by atoms with Crippen LogP contribution in [0.15, 0.2) is 30.3 Å². The summed E-state index contributed by atoms with van der Waals surface area (Å²) in [6.07, 6.45) is 0.481. The summed E-state index contributed by atoms with van der Waals surface area (Å²) in [4.78, 5) is 12.4. The van der Waals surface area contributed by atoms with Gasteiger partial charge in [0, 0.05) is 18.8 Å². The molecule has 1 rings (SSSR count). The number of carboxylic acid groups (broad SMARTS) is 1. The molecule has 0 saturated heterocycles. The van der Waals surface area contributed by atoms with E-state index in [0.717, 1.165) is 5.69 Å². The Bertz CT molecular complexity index is 370. The highest BCUT2D eigenvalue weighted by Gasteiger charge is 2.07. The fraction of sp³-hybridized carbons (Fsp3) is 0.333. The summed E-state index contributed by atoms with van der Waals surface area (Å²) in [6.45, 7) is 0.995. The summed E-state index contributed by atoms with van der Waals surface area (Å²) in [6, 6.07) is 11.6. The van der Waals surface area contributed by atoms with Gasteiger partial charge >= 0.3 is 5.97 Å². The number of nitrogens with zero attached hydrogens (tertiary/aromatic N) is 2. The van der Waals surface area contributed by atoms with Crippen LogP contribution in [0.5, 0.6) is 0 Å². The van der Waals surface area contributed by atoms with Crippen molar-refractivity contribution in [3.63, 3.8) is 0 Å². The highest BCUT2D eigenvalue weighted by atomic mass is 16.4. The number of carboxylic acids is 1. The van der Waals surface area contributed by atoms with Gasteiger partial charge < -0.3 is 10.0 Å². The first-order valence-electron chi connectivity index (χ1n) is 5.13. The molecule has 0 heterocycles. The molecule has 0 aliphatic heterocycles. The molecule has 1 N–H and O–H groups in total. The Morgan fingerprint density at radius 3 is 2.56 bits per heavy atom. The van der Waals surface area contributed by atoms with Crippen molar-refractivity contribution in [3.05, 3.63) is 30.3 Å². The maximum atomic E-state index is 10.5. The van der Waals surface area contributed by atoms with Gasteiger partial charge in [-0.25, -0.2) is 0 Å². The second kappa shape index (κ2) is 6.46. The minimum atomic E-state index is -0.821. The van der Waals surface area contributed by atoms with E-state index >= 15 is 0 Å². The van der Waals surface area contributed by atoms with Crippen molar-refractivity contribution in [2.45, 2.75) is 12.8 Å². The molecule has 0 atom stereocenters. The van der Waals surface area contributed by atoms with Gasteiger partial charge in [-0.05, 0) is 12.1 Å². The molecule has 84 valence electrons. The predicted molar refractivity (Wildman–Crippen MR) is 61.1 cm³/mol. The Hall–Kier alpha value is -2.02. The zero-order chi connectivity index (χ0) is 11.8. The van der Waals surface area contributed by atoms with E-state index in [4.69, 9.17) is 10.4 Å². The van der Waals surface area contributed by atoms with Crippen LogP contribution in [0.25, 0.3) is 0 Å². The van der Waals surface area contributed by atoms with Gasteiger partial charge in [-0.3, -0.25) is 4.79 Å². The van der Waals surface area contributed by atoms with Gasteiger partial charge in [0.2, 0.25) is 0 Å². The van der Waals surface area contributed by atoms with E-state index in [1.54, 1.807) is 0 Å². The fourth-order valence-corrected chi connectivity index (χ4v) is 1.42. The first-order chi connectivity index (χ1) is 7.74. The molecule has 0 aromatic heterocycles. The SMILES string of the molecule is N#CCCN(CCC(=O)O)c1ccccc1. The largest absolute Gasteiger partial charge is 0.481 e. The predicted octanol–water partition coefficient (Wildman–Crippen LogP) is 1.88. The van der Waals surface area contributed by atoms with Gasteiger partial charge in [0.15, 0.2) is 0 Å². The van der Waals surface area contributed by atoms with Gasteiger partial charge in [0.1, 0.15) is 0 Å². The zero-order valence-corrected chi connectivity index (χ0v) is 8.97. The second-order valence-corrected chi connectivity index (χ2v) is 3.37. The van der Waals surface area contributed by atoms with Crippen LogP contribution >= 0.6 is 0 Å². The Morgan fingerprint density at radius 1 is 1.31 bits per heavy atom. The van der Waals surface area contributed by atoms with Crippen molar-refractivity contribution >= 4 is 11.7 Å². The molecule has 0 fully saturated rings. The van der Waals surface area contributed by atoms with Crippen LogP contribution in [0, 0.1) is 11.3 Å². The van der Waals surface area contributed by atoms with Crippen LogP contribution in [0.1, 0.15) is 12.8 Å². The minimum absolute atomic E-state index is 0.0837. The zero-order valence-electron chi connectivity index (χ0n) is 8.97. The maximum absolute atomic E-state index is 10.5. The monoisotopic (exact) mass is 218 g/mol. The number of anilines is 1. The van der Waals surface area contributed by atoms with E-state index < -0.39 is 5.97 Å². The number of aliphatic carboxylic acids is 1. The molecule has 1 aromatic rings. The van der Waals surface area contributed by atoms with Gasteiger partial charge in [-0.15, -0.1) is 0 Å². The smallest absolute Gasteiger partial charge is 0.305 e. The normalized spacial score (nSPS) is 9.44. The van der Waals surface area contributed by atoms with E-state index in [2.05, 4.69) is 6.07 Å². The molecule has 0 spiro atoms. The molecule has 4 heteroatoms. The van der Waals surface area contributed by atoms with Crippen LogP contribution in [0.2, 0.25) is 0 Å². The molecule has 0 aliphatic rings. The Labute approximate surface area is 94.7 Å². The summed E-state index contributed by atoms with van der Waals surface area (Å²) in [5.41, 5.74) is 0.957. The van der Waals surface area contributed by atoms with Gasteiger partial charge in [0.05, 0.1) is 18.9 Å². The summed E-state index contributed by atoms with van der Waals surface area (Å²) >= 11 is 0. The van der Waals surface area contributed by atoms with E-state index in [1.165, 1.54) is 0 Å². The van der Waals surface area contributed by atoms with Crippen LogP contribution < -0.4 is 4.90 Å². The van der Waals surface area contributed by atoms with Crippen molar-refractivity contribution in [3.8, 4) is 6.07 Å². The first-order valence-corrected chi connectivity index (χ1v) is 5.13. The van der Waals surface area contributed by atoms with E-state index in [1.807, 2.05) is 35.2 Å². The van der Waals surface area contributed by atoms with Gasteiger partial charge in [-0.2, -0.15) is 5.26 Å². The van der Waals surface area contributed by atoms with Crippen LogP contribution in [0.3, 0.4) is 0 Å². The highest BCUT2D eigenvalue weighted by molar-refractivity contribution is 5.67. The molecule has 0 amide bonds. The van der Waals surface area contributed by atoms with Crippen molar-refractivity contribution in [2.24, 2.45) is 0 Å². The number of hydrogen-bond acceptors (Lipinski definition) is 3. The molecule has 0 bridgehead atoms. The Morgan fingerprint density at radius 2 is 2.00 bits per heavy atom. The summed E-state index contributed by atoms with van der Waals surface area (Å²) in [5, 5.41) is 17.2. The number of benzene rings is 1. The third kappa shape index (κ3) is 4.01. The number of hydrogen-bond donors (Lipinski definition) is 1. The maximum Gasteiger partial charge on any atom is 0.305 e. The van der Waals surface area contributed by atoms with Crippen LogP contribution in [0.4, 0.5) is 5.69 Å². The Balaban J connectivity index is 2.64. The topological polar surface area (TPSA) is 64.3 Å². The molecule has 0 radical (unpaired) electrons. The van der Waals surface area contributed by atoms with Crippen molar-refractivity contribution in [2.75, 3.05) is 18.0 Å². The average molecular weight is 218 g/mol. The minimum Gasteiger partial charge on any atom is -0.481 e. The molecule has 4 nitrogen and oxygen atoms in total. The van der Waals surface area contributed by atoms with Crippen LogP contribution in [-0.2, 0) is 4.79 Å². The molecular weight excluding hydrogens is 204 g/mol. The van der Waals surface area contributed by atoms with Crippen molar-refractivity contribution in [1.29, 1.82) is 5.26 Å². The van der Waals surface area contributed by atoms with Gasteiger partial charge in [-0.1, -0.05) is 18.2 Å². The number of para-hydroxylation sites is 1. The number of rotatable bonds is 6. The third-order valence-corrected chi connectivity index (χ3v) is 2.21. The van der Waals surface area contributed by atoms with Crippen LogP contribution in [-0.4, -0.2) is 24.2 Å². The first kappa shape index (κ1) is 12.1. The lowest BCUT2D eigenvalue weighted by Crippen LogP contribution is -2.27. The van der Waals surface area contributed by atoms with Gasteiger partial charge in [0.25, 0.3) is 0 Å². The lowest BCUT2D eigenvalue weighted by atomic mass is 10.2. The molecule has 1 aromatic carbocycles. The lowest BCUT2D eigenvalue weighted by molar-refractivity contribution is -0.136. The van der Waals surface area contributed by atoms with Crippen molar-refractivity contribution in [1.82, 2.24) is 0 Å². The van der Waals surface area contributed by atoms with E-state index in [0.29, 0.717) is 19.5 Å². The lowest BCUT2D eigenvalue weighted by Gasteiger charge is -2.22. The Kier molecular flexibility index (Phi) is 4.87. The van der Waals surface area contributed by atoms with E-state index in [9.17, 15) is 4.79 Å². The molecular formula is C12H14N2O2. The molecule has 16 heavy (non-hydrogen) atoms. The molecule has 0 saturated carbocycles. The average Bonchev–Trinajstić information content (AvgIpc) is 2.30. The fourth-order valence-electron chi connectivity index (χ4n) is 1.42. The summed E-state index contributed by atoms with van der Waals surface area (Å²) < 4.78 is 0. The highest BCUT2D eigenvalue weighted by Crippen LogP contribution is 2.13. The molecule has 0 aliphatic carbocycles. The van der Waals surface area contributed by atoms with E-state index in [-0.39, 0.29) is 6.42 Å². The quantitative estimate of drug-likeness (QED) is 0.791. The van der Waals surface area contributed by atoms with Crippen molar-refractivity contribution < 1.29 is 9.90 Å². The standard InChI is InChI=1S/C12H14N2O2/c13-8-4-9-14(10-7-12(15)16)11-5-2-1-3-6-11/h1-3,5-6H,4,7,9-10H2,(H,15,16).